The number of carbonyl (C=O) groups excluding carboxylic acids is 1. The molecule has 2 aliphatic heterocycles. The molecule has 4 heteroatoms. The number of amidine groups is 2. The van der Waals surface area contributed by atoms with Crippen LogP contribution in [0.25, 0.3) is 0 Å². The van der Waals surface area contributed by atoms with Crippen LogP contribution in [0.2, 0.25) is 0 Å². The highest BCUT2D eigenvalue weighted by Crippen LogP contribution is 2.26. The van der Waals surface area contributed by atoms with Gasteiger partial charge in [0.1, 0.15) is 5.84 Å². The normalized spacial score (nSPS) is 17.2. The fraction of sp³-hybridized carbons (Fsp3) is 0.174. The van der Waals surface area contributed by atoms with Crippen LogP contribution in [-0.2, 0) is 16.8 Å². The standard InChI is InChI=1S/C23H21N3O/c1-23(2,18-11-4-3-5-12-18)22(27)25-21-19-13-7-6-10-17(19)16-26-15-9-8-14-20(26)24-21/h3-15H,16H2,1-2H3. The average Bonchev–Trinajstić information content (AvgIpc) is 2.85. The maximum absolute atomic E-state index is 13.1. The van der Waals surface area contributed by atoms with Gasteiger partial charge in [0.2, 0.25) is 0 Å². The van der Waals surface area contributed by atoms with E-state index in [1.165, 1.54) is 0 Å². The van der Waals surface area contributed by atoms with Crippen molar-refractivity contribution in [2.45, 2.75) is 25.8 Å². The van der Waals surface area contributed by atoms with E-state index in [9.17, 15) is 4.79 Å². The molecule has 27 heavy (non-hydrogen) atoms. The smallest absolute Gasteiger partial charge is 0.257 e. The zero-order valence-corrected chi connectivity index (χ0v) is 15.5. The number of aliphatic imine (C=N–C) groups is 2. The summed E-state index contributed by atoms with van der Waals surface area (Å²) < 4.78 is 0. The number of nitrogens with zero attached hydrogens (tertiary/aromatic N) is 3. The Balaban J connectivity index is 1.80. The van der Waals surface area contributed by atoms with Crippen molar-refractivity contribution in [1.82, 2.24) is 4.90 Å². The predicted octanol–water partition coefficient (Wildman–Crippen LogP) is 4.24. The van der Waals surface area contributed by atoms with Gasteiger partial charge in [-0.1, -0.05) is 60.7 Å². The fourth-order valence-electron chi connectivity index (χ4n) is 3.23. The molecule has 0 atom stereocenters. The lowest BCUT2D eigenvalue weighted by molar-refractivity contribution is -0.122. The van der Waals surface area contributed by atoms with Crippen LogP contribution >= 0.6 is 0 Å². The first-order chi connectivity index (χ1) is 13.1. The van der Waals surface area contributed by atoms with Gasteiger partial charge in [-0.3, -0.25) is 4.79 Å². The summed E-state index contributed by atoms with van der Waals surface area (Å²) in [4.78, 5) is 24.4. The third-order valence-electron chi connectivity index (χ3n) is 4.97. The van der Waals surface area contributed by atoms with Crippen LogP contribution in [0.4, 0.5) is 0 Å². The van der Waals surface area contributed by atoms with E-state index >= 15 is 0 Å². The van der Waals surface area contributed by atoms with Crippen LogP contribution in [-0.4, -0.2) is 22.5 Å². The quantitative estimate of drug-likeness (QED) is 0.809. The first-order valence-corrected chi connectivity index (χ1v) is 9.03. The van der Waals surface area contributed by atoms with Gasteiger partial charge in [0.05, 0.1) is 5.41 Å². The van der Waals surface area contributed by atoms with Crippen molar-refractivity contribution in [2.24, 2.45) is 9.98 Å². The maximum atomic E-state index is 13.1. The lowest BCUT2D eigenvalue weighted by atomic mass is 9.84. The molecule has 0 spiro atoms. The van der Waals surface area contributed by atoms with E-state index in [4.69, 9.17) is 4.99 Å². The zero-order chi connectivity index (χ0) is 18.9. The Morgan fingerprint density at radius 2 is 1.78 bits per heavy atom. The lowest BCUT2D eigenvalue weighted by Crippen LogP contribution is -2.28. The first kappa shape index (κ1) is 17.2. The highest BCUT2D eigenvalue weighted by atomic mass is 16.1. The summed E-state index contributed by atoms with van der Waals surface area (Å²) in [6.07, 6.45) is 7.86. The molecule has 1 amide bonds. The molecule has 0 aromatic heterocycles. The summed E-state index contributed by atoms with van der Waals surface area (Å²) in [7, 11) is 0. The molecule has 134 valence electrons. The van der Waals surface area contributed by atoms with Gasteiger partial charge in [0.25, 0.3) is 5.91 Å². The molecule has 0 aliphatic carbocycles. The van der Waals surface area contributed by atoms with Crippen LogP contribution in [0.3, 0.4) is 0 Å². The van der Waals surface area contributed by atoms with E-state index in [0.29, 0.717) is 12.4 Å². The number of rotatable bonds is 2. The van der Waals surface area contributed by atoms with E-state index in [0.717, 1.165) is 22.5 Å². The molecule has 0 radical (unpaired) electrons. The molecule has 0 fully saturated rings. The predicted molar refractivity (Wildman–Crippen MR) is 109 cm³/mol. The highest BCUT2D eigenvalue weighted by Gasteiger charge is 2.30. The summed E-state index contributed by atoms with van der Waals surface area (Å²) in [5.74, 6) is 1.06. The van der Waals surface area contributed by atoms with Gasteiger partial charge in [-0.05, 0) is 37.1 Å². The molecule has 0 saturated carbocycles. The fourth-order valence-corrected chi connectivity index (χ4v) is 3.23. The molecule has 2 aromatic rings. The second-order valence-electron chi connectivity index (χ2n) is 7.19. The number of hydrogen-bond donors (Lipinski definition) is 0. The van der Waals surface area contributed by atoms with E-state index in [1.54, 1.807) is 0 Å². The zero-order valence-electron chi connectivity index (χ0n) is 15.5. The molecule has 0 unspecified atom stereocenters. The molecular formula is C23H21N3O. The summed E-state index contributed by atoms with van der Waals surface area (Å²) >= 11 is 0. The summed E-state index contributed by atoms with van der Waals surface area (Å²) in [5.41, 5.74) is 2.22. The van der Waals surface area contributed by atoms with Gasteiger partial charge < -0.3 is 4.90 Å². The Hall–Kier alpha value is -3.27. The molecule has 0 saturated heterocycles. The topological polar surface area (TPSA) is 45.0 Å². The number of fused-ring (bicyclic) bond motifs is 2. The minimum atomic E-state index is -0.725. The minimum Gasteiger partial charge on any atom is -0.329 e. The number of benzene rings is 2. The lowest BCUT2D eigenvalue weighted by Gasteiger charge is -2.21. The molecule has 2 aliphatic rings. The van der Waals surface area contributed by atoms with Crippen molar-refractivity contribution < 1.29 is 4.79 Å². The number of carbonyl (C=O) groups is 1. The van der Waals surface area contributed by atoms with Crippen LogP contribution < -0.4 is 0 Å². The summed E-state index contributed by atoms with van der Waals surface area (Å²) in [5, 5.41) is 0. The second kappa shape index (κ2) is 6.80. The Morgan fingerprint density at radius 3 is 2.59 bits per heavy atom. The van der Waals surface area contributed by atoms with Gasteiger partial charge in [-0.15, -0.1) is 0 Å². The molecular weight excluding hydrogens is 334 g/mol. The van der Waals surface area contributed by atoms with Crippen molar-refractivity contribution in [1.29, 1.82) is 0 Å². The molecule has 0 bridgehead atoms. The van der Waals surface area contributed by atoms with Gasteiger partial charge in [0, 0.05) is 18.3 Å². The Bertz CT molecular complexity index is 997. The van der Waals surface area contributed by atoms with E-state index < -0.39 is 5.41 Å². The van der Waals surface area contributed by atoms with E-state index in [-0.39, 0.29) is 5.91 Å². The third kappa shape index (κ3) is 3.26. The number of allylic oxidation sites excluding steroid dienone is 2. The van der Waals surface area contributed by atoms with Crippen molar-refractivity contribution in [2.75, 3.05) is 0 Å². The SMILES string of the molecule is CC(C)(C(=O)N=C1N=C2C=CC=CN2Cc2ccccc21)c1ccccc1. The van der Waals surface area contributed by atoms with Gasteiger partial charge in [-0.2, -0.15) is 4.99 Å². The molecule has 4 rings (SSSR count). The largest absolute Gasteiger partial charge is 0.329 e. The minimum absolute atomic E-state index is 0.202. The van der Waals surface area contributed by atoms with E-state index in [1.807, 2.05) is 86.8 Å². The van der Waals surface area contributed by atoms with Crippen LogP contribution in [0.15, 0.2) is 89.0 Å². The molecule has 0 N–H and O–H groups in total. The average molecular weight is 355 g/mol. The molecule has 4 nitrogen and oxygen atoms in total. The Kier molecular flexibility index (Phi) is 4.32. The van der Waals surface area contributed by atoms with Crippen molar-refractivity contribution >= 4 is 17.6 Å². The van der Waals surface area contributed by atoms with Gasteiger partial charge in [-0.25, -0.2) is 4.99 Å². The summed E-state index contributed by atoms with van der Waals surface area (Å²) in [6, 6.07) is 17.7. The van der Waals surface area contributed by atoms with Gasteiger partial charge in [0.15, 0.2) is 5.84 Å². The number of amides is 1. The molecule has 2 aromatic carbocycles. The van der Waals surface area contributed by atoms with Crippen molar-refractivity contribution in [3.05, 3.63) is 95.7 Å². The van der Waals surface area contributed by atoms with Crippen LogP contribution in [0, 0.1) is 0 Å². The third-order valence-corrected chi connectivity index (χ3v) is 4.97. The number of hydrogen-bond acceptors (Lipinski definition) is 2. The highest BCUT2D eigenvalue weighted by molar-refractivity contribution is 6.15. The maximum Gasteiger partial charge on any atom is 0.257 e. The Morgan fingerprint density at radius 1 is 1.04 bits per heavy atom. The Labute approximate surface area is 159 Å². The van der Waals surface area contributed by atoms with Crippen molar-refractivity contribution in [3.63, 3.8) is 0 Å². The van der Waals surface area contributed by atoms with Crippen molar-refractivity contribution in [3.8, 4) is 0 Å². The van der Waals surface area contributed by atoms with Gasteiger partial charge >= 0.3 is 0 Å². The first-order valence-electron chi connectivity index (χ1n) is 9.03. The van der Waals surface area contributed by atoms with E-state index in [2.05, 4.69) is 16.0 Å². The van der Waals surface area contributed by atoms with Crippen LogP contribution in [0.5, 0.6) is 0 Å². The van der Waals surface area contributed by atoms with Crippen LogP contribution in [0.1, 0.15) is 30.5 Å². The summed E-state index contributed by atoms with van der Waals surface area (Å²) in [6.45, 7) is 4.51. The molecule has 2 heterocycles. The second-order valence-corrected chi connectivity index (χ2v) is 7.19. The monoisotopic (exact) mass is 355 g/mol.